The Labute approximate surface area is 121 Å². The van der Waals surface area contributed by atoms with Crippen molar-refractivity contribution in [2.75, 3.05) is 5.32 Å². The molecule has 2 aromatic carbocycles. The average Bonchev–Trinajstić information content (AvgIpc) is 2.97. The number of halogens is 1. The number of tetrazole rings is 1. The van der Waals surface area contributed by atoms with E-state index in [1.807, 2.05) is 37.3 Å². The van der Waals surface area contributed by atoms with Crippen molar-refractivity contribution in [1.29, 1.82) is 0 Å². The van der Waals surface area contributed by atoms with Crippen LogP contribution >= 0.6 is 0 Å². The van der Waals surface area contributed by atoms with Crippen LogP contribution < -0.4 is 5.32 Å². The molecule has 0 atom stereocenters. The summed E-state index contributed by atoms with van der Waals surface area (Å²) in [5.41, 5.74) is 2.59. The minimum absolute atomic E-state index is 0.272. The molecule has 1 aromatic heterocycles. The first-order valence-electron chi connectivity index (χ1n) is 6.57. The zero-order chi connectivity index (χ0) is 14.7. The fourth-order valence-corrected chi connectivity index (χ4v) is 2.04. The normalized spacial score (nSPS) is 10.6. The molecule has 0 fully saturated rings. The molecule has 3 rings (SSSR count). The average molecular weight is 283 g/mol. The number of aromatic nitrogens is 4. The maximum absolute atomic E-state index is 13.3. The van der Waals surface area contributed by atoms with E-state index in [4.69, 9.17) is 0 Å². The summed E-state index contributed by atoms with van der Waals surface area (Å²) in [6.45, 7) is 2.33. The van der Waals surface area contributed by atoms with Crippen molar-refractivity contribution in [2.24, 2.45) is 0 Å². The smallest absolute Gasteiger partial charge is 0.175 e. The Kier molecular flexibility index (Phi) is 3.59. The molecule has 0 unspecified atom stereocenters. The second kappa shape index (κ2) is 5.70. The summed E-state index contributed by atoms with van der Waals surface area (Å²) in [4.78, 5) is 0. The van der Waals surface area contributed by atoms with Gasteiger partial charge in [0.25, 0.3) is 0 Å². The van der Waals surface area contributed by atoms with Gasteiger partial charge in [-0.2, -0.15) is 4.68 Å². The van der Waals surface area contributed by atoms with E-state index in [2.05, 4.69) is 20.8 Å². The second-order valence-electron chi connectivity index (χ2n) is 4.66. The van der Waals surface area contributed by atoms with E-state index < -0.39 is 0 Å². The van der Waals surface area contributed by atoms with Crippen molar-refractivity contribution in [3.05, 3.63) is 65.7 Å². The van der Waals surface area contributed by atoms with Crippen LogP contribution in [0.2, 0.25) is 0 Å². The molecule has 0 amide bonds. The summed E-state index contributed by atoms with van der Waals surface area (Å²) < 4.78 is 14.9. The molecule has 1 heterocycles. The molecule has 21 heavy (non-hydrogen) atoms. The quantitative estimate of drug-likeness (QED) is 0.800. The van der Waals surface area contributed by atoms with E-state index in [1.54, 1.807) is 10.7 Å². The molecule has 0 aliphatic heterocycles. The molecular weight excluding hydrogens is 269 g/mol. The van der Waals surface area contributed by atoms with Gasteiger partial charge in [0.05, 0.1) is 12.2 Å². The van der Waals surface area contributed by atoms with Gasteiger partial charge < -0.3 is 5.32 Å². The molecule has 0 radical (unpaired) electrons. The third-order valence-corrected chi connectivity index (χ3v) is 3.17. The molecule has 0 saturated heterocycles. The van der Waals surface area contributed by atoms with E-state index in [-0.39, 0.29) is 5.82 Å². The molecule has 0 aliphatic rings. The maximum atomic E-state index is 13.3. The number of nitrogens with one attached hydrogen (secondary N) is 1. The van der Waals surface area contributed by atoms with Gasteiger partial charge in [0, 0.05) is 5.69 Å². The highest BCUT2D eigenvalue weighted by Crippen LogP contribution is 2.17. The van der Waals surface area contributed by atoms with Gasteiger partial charge in [0.1, 0.15) is 5.82 Å². The fraction of sp³-hybridized carbons (Fsp3) is 0.133. The van der Waals surface area contributed by atoms with Crippen molar-refractivity contribution in [1.82, 2.24) is 20.2 Å². The number of anilines is 1. The number of aryl methyl sites for hydroxylation is 1. The van der Waals surface area contributed by atoms with Crippen LogP contribution in [0.4, 0.5) is 10.1 Å². The SMILES string of the molecule is Cc1ccc(F)cc1NCc1nnnn1-c1ccccc1. The summed E-state index contributed by atoms with van der Waals surface area (Å²) in [7, 11) is 0. The van der Waals surface area contributed by atoms with E-state index in [9.17, 15) is 4.39 Å². The number of hydrogen-bond acceptors (Lipinski definition) is 4. The summed E-state index contributed by atoms with van der Waals surface area (Å²) in [6.07, 6.45) is 0. The fourth-order valence-electron chi connectivity index (χ4n) is 2.04. The summed E-state index contributed by atoms with van der Waals surface area (Å²) in [5, 5.41) is 14.8. The Morgan fingerprint density at radius 2 is 1.95 bits per heavy atom. The first-order valence-corrected chi connectivity index (χ1v) is 6.57. The van der Waals surface area contributed by atoms with Gasteiger partial charge in [-0.1, -0.05) is 24.3 Å². The molecule has 6 heteroatoms. The highest BCUT2D eigenvalue weighted by atomic mass is 19.1. The number of hydrogen-bond donors (Lipinski definition) is 1. The number of rotatable bonds is 4. The van der Waals surface area contributed by atoms with Gasteiger partial charge in [-0.3, -0.25) is 0 Å². The first-order chi connectivity index (χ1) is 10.2. The monoisotopic (exact) mass is 283 g/mol. The van der Waals surface area contributed by atoms with Crippen LogP contribution in [-0.4, -0.2) is 20.2 Å². The molecule has 3 aromatic rings. The molecule has 0 bridgehead atoms. The van der Waals surface area contributed by atoms with E-state index in [0.717, 1.165) is 16.9 Å². The van der Waals surface area contributed by atoms with Crippen LogP contribution in [0.5, 0.6) is 0 Å². The standard InChI is InChI=1S/C15H14FN5/c1-11-7-8-12(16)9-14(11)17-10-15-18-19-20-21(15)13-5-3-2-4-6-13/h2-9,17H,10H2,1H3. The van der Waals surface area contributed by atoms with Gasteiger partial charge in [-0.25, -0.2) is 4.39 Å². The highest BCUT2D eigenvalue weighted by Gasteiger charge is 2.08. The van der Waals surface area contributed by atoms with Gasteiger partial charge in [-0.15, -0.1) is 5.10 Å². The van der Waals surface area contributed by atoms with Crippen LogP contribution in [0, 0.1) is 12.7 Å². The van der Waals surface area contributed by atoms with E-state index >= 15 is 0 Å². The van der Waals surface area contributed by atoms with Crippen LogP contribution in [0.1, 0.15) is 11.4 Å². The summed E-state index contributed by atoms with van der Waals surface area (Å²) in [5.74, 6) is 0.385. The summed E-state index contributed by atoms with van der Waals surface area (Å²) >= 11 is 0. The molecule has 106 valence electrons. The zero-order valence-electron chi connectivity index (χ0n) is 11.5. The van der Waals surface area contributed by atoms with Crippen molar-refractivity contribution < 1.29 is 4.39 Å². The van der Waals surface area contributed by atoms with Crippen LogP contribution in [0.3, 0.4) is 0 Å². The van der Waals surface area contributed by atoms with E-state index in [0.29, 0.717) is 12.4 Å². The van der Waals surface area contributed by atoms with Crippen LogP contribution in [0.15, 0.2) is 48.5 Å². The van der Waals surface area contributed by atoms with Crippen molar-refractivity contribution in [2.45, 2.75) is 13.5 Å². The highest BCUT2D eigenvalue weighted by molar-refractivity contribution is 5.50. The Hall–Kier alpha value is -2.76. The molecular formula is C15H14FN5. The predicted molar refractivity (Wildman–Crippen MR) is 77.6 cm³/mol. The first kappa shape index (κ1) is 13.2. The van der Waals surface area contributed by atoms with Gasteiger partial charge >= 0.3 is 0 Å². The lowest BCUT2D eigenvalue weighted by Crippen LogP contribution is -2.09. The van der Waals surface area contributed by atoms with E-state index in [1.165, 1.54) is 12.1 Å². The topological polar surface area (TPSA) is 55.6 Å². The number of benzene rings is 2. The Morgan fingerprint density at radius 3 is 2.76 bits per heavy atom. The predicted octanol–water partition coefficient (Wildman–Crippen LogP) is 2.72. The minimum atomic E-state index is -0.272. The van der Waals surface area contributed by atoms with Gasteiger partial charge in [0.15, 0.2) is 5.82 Å². The number of para-hydroxylation sites is 1. The Bertz CT molecular complexity index is 739. The lowest BCUT2D eigenvalue weighted by Gasteiger charge is -2.09. The Morgan fingerprint density at radius 1 is 1.14 bits per heavy atom. The molecule has 0 spiro atoms. The van der Waals surface area contributed by atoms with Crippen molar-refractivity contribution in [3.63, 3.8) is 0 Å². The van der Waals surface area contributed by atoms with Crippen LogP contribution in [-0.2, 0) is 6.54 Å². The molecule has 1 N–H and O–H groups in total. The molecule has 0 saturated carbocycles. The largest absolute Gasteiger partial charge is 0.377 e. The lowest BCUT2D eigenvalue weighted by molar-refractivity contribution is 0.627. The minimum Gasteiger partial charge on any atom is -0.377 e. The second-order valence-corrected chi connectivity index (χ2v) is 4.66. The van der Waals surface area contributed by atoms with Crippen LogP contribution in [0.25, 0.3) is 5.69 Å². The maximum Gasteiger partial charge on any atom is 0.175 e. The molecule has 0 aliphatic carbocycles. The Balaban J connectivity index is 1.81. The van der Waals surface area contributed by atoms with Crippen molar-refractivity contribution in [3.8, 4) is 5.69 Å². The zero-order valence-corrected chi connectivity index (χ0v) is 11.5. The molecule has 5 nitrogen and oxygen atoms in total. The third-order valence-electron chi connectivity index (χ3n) is 3.17. The van der Waals surface area contributed by atoms with Crippen molar-refractivity contribution >= 4 is 5.69 Å². The number of nitrogens with zero attached hydrogens (tertiary/aromatic N) is 4. The lowest BCUT2D eigenvalue weighted by atomic mass is 10.2. The summed E-state index contributed by atoms with van der Waals surface area (Å²) in [6, 6.07) is 14.3. The third kappa shape index (κ3) is 2.89. The van der Waals surface area contributed by atoms with Gasteiger partial charge in [0.2, 0.25) is 0 Å². The van der Waals surface area contributed by atoms with Gasteiger partial charge in [-0.05, 0) is 47.2 Å².